The van der Waals surface area contributed by atoms with Gasteiger partial charge in [0.25, 0.3) is 0 Å². The minimum atomic E-state index is 0.241. The molecule has 0 radical (unpaired) electrons. The maximum absolute atomic E-state index is 9.20. The number of nitrogens with zero attached hydrogens (tertiary/aromatic N) is 2. The van der Waals surface area contributed by atoms with Crippen LogP contribution in [0.3, 0.4) is 0 Å². The quantitative estimate of drug-likeness (QED) is 0.603. The molecule has 0 aliphatic heterocycles. The molecule has 0 saturated carbocycles. The van der Waals surface area contributed by atoms with Crippen LogP contribution in [0.1, 0.15) is 23.6 Å². The number of ether oxygens (including phenoxy) is 1. The Kier molecular flexibility index (Phi) is 5.56. The third-order valence-electron chi connectivity index (χ3n) is 3.30. The molecule has 4 heteroatoms. The minimum absolute atomic E-state index is 0.241. The third-order valence-corrected chi connectivity index (χ3v) is 3.30. The van der Waals surface area contributed by atoms with Crippen molar-refractivity contribution in [3.63, 3.8) is 0 Å². The third kappa shape index (κ3) is 3.64. The zero-order valence-electron chi connectivity index (χ0n) is 12.7. The molecular formula is C18H18N2O2. The normalized spacial score (nSPS) is 10.9. The Labute approximate surface area is 130 Å². The lowest BCUT2D eigenvalue weighted by Crippen LogP contribution is -2.06. The van der Waals surface area contributed by atoms with Crippen molar-refractivity contribution in [1.29, 1.82) is 5.26 Å². The smallest absolute Gasteiger partial charge is 0.187 e. The van der Waals surface area contributed by atoms with Gasteiger partial charge in [0.15, 0.2) is 5.71 Å². The van der Waals surface area contributed by atoms with E-state index in [1.54, 1.807) is 0 Å². The highest BCUT2D eigenvalue weighted by molar-refractivity contribution is 6.12. The second-order valence-corrected chi connectivity index (χ2v) is 4.64. The van der Waals surface area contributed by atoms with E-state index in [0.29, 0.717) is 6.61 Å². The molecule has 0 unspecified atom stereocenters. The summed E-state index contributed by atoms with van der Waals surface area (Å²) in [7, 11) is 1.42. The van der Waals surface area contributed by atoms with Crippen LogP contribution in [-0.2, 0) is 17.9 Å². The molecule has 0 aliphatic carbocycles. The highest BCUT2D eigenvalue weighted by Gasteiger charge is 2.10. The highest BCUT2D eigenvalue weighted by Crippen LogP contribution is 2.21. The van der Waals surface area contributed by atoms with E-state index >= 15 is 0 Å². The zero-order chi connectivity index (χ0) is 15.8. The van der Waals surface area contributed by atoms with Gasteiger partial charge < -0.3 is 9.57 Å². The predicted octanol–water partition coefficient (Wildman–Crippen LogP) is 3.70. The van der Waals surface area contributed by atoms with E-state index in [2.05, 4.69) is 12.1 Å². The lowest BCUT2D eigenvalue weighted by molar-refractivity contribution is 0.214. The van der Waals surface area contributed by atoms with E-state index in [0.717, 1.165) is 28.9 Å². The molecule has 0 bridgehead atoms. The molecule has 0 spiro atoms. The Balaban J connectivity index is 2.24. The number of para-hydroxylation sites is 1. The summed E-state index contributed by atoms with van der Waals surface area (Å²) < 4.78 is 5.92. The number of hydrogen-bond acceptors (Lipinski definition) is 4. The average molecular weight is 294 g/mol. The predicted molar refractivity (Wildman–Crippen MR) is 85.8 cm³/mol. The number of hydrogen-bond donors (Lipinski definition) is 0. The molecular weight excluding hydrogens is 276 g/mol. The average Bonchev–Trinajstić information content (AvgIpc) is 2.58. The molecule has 0 N–H and O–H groups in total. The molecule has 112 valence electrons. The second-order valence-electron chi connectivity index (χ2n) is 4.64. The molecule has 2 aromatic carbocycles. The summed E-state index contributed by atoms with van der Waals surface area (Å²) in [6.45, 7) is 2.47. The maximum Gasteiger partial charge on any atom is 0.187 e. The van der Waals surface area contributed by atoms with E-state index < -0.39 is 0 Å². The Morgan fingerprint density at radius 1 is 1.09 bits per heavy atom. The van der Waals surface area contributed by atoms with Crippen molar-refractivity contribution in [3.8, 4) is 11.8 Å². The summed E-state index contributed by atoms with van der Waals surface area (Å²) in [5, 5.41) is 13.0. The van der Waals surface area contributed by atoms with Crippen LogP contribution in [0.2, 0.25) is 0 Å². The summed E-state index contributed by atoms with van der Waals surface area (Å²) in [5.41, 5.74) is 3.02. The molecule has 0 saturated heterocycles. The first kappa shape index (κ1) is 15.6. The van der Waals surface area contributed by atoms with Crippen molar-refractivity contribution >= 4 is 5.71 Å². The van der Waals surface area contributed by atoms with Crippen LogP contribution in [0, 0.1) is 11.3 Å². The van der Waals surface area contributed by atoms with Gasteiger partial charge in [-0.3, -0.25) is 0 Å². The molecule has 0 heterocycles. The number of rotatable bonds is 6. The van der Waals surface area contributed by atoms with Crippen molar-refractivity contribution < 1.29 is 9.57 Å². The molecule has 0 atom stereocenters. The molecule has 4 nitrogen and oxygen atoms in total. The van der Waals surface area contributed by atoms with Crippen LogP contribution < -0.4 is 4.74 Å². The SMILES string of the molecule is CCc1ccccc1OCc1ccccc1C(C#N)=NOC. The van der Waals surface area contributed by atoms with Crippen molar-refractivity contribution in [2.45, 2.75) is 20.0 Å². The Morgan fingerprint density at radius 2 is 1.77 bits per heavy atom. The summed E-state index contributed by atoms with van der Waals surface area (Å²) in [4.78, 5) is 4.73. The standard InChI is InChI=1S/C18H18N2O2/c1-3-14-8-5-7-11-18(14)22-13-15-9-4-6-10-16(15)17(12-19)20-21-2/h4-11H,3,13H2,1-2H3. The monoisotopic (exact) mass is 294 g/mol. The summed E-state index contributed by atoms with van der Waals surface area (Å²) >= 11 is 0. The van der Waals surface area contributed by atoms with Gasteiger partial charge in [-0.05, 0) is 23.6 Å². The van der Waals surface area contributed by atoms with Crippen LogP contribution >= 0.6 is 0 Å². The van der Waals surface area contributed by atoms with E-state index in [1.807, 2.05) is 54.6 Å². The maximum atomic E-state index is 9.20. The van der Waals surface area contributed by atoms with Gasteiger partial charge in [-0.25, -0.2) is 0 Å². The zero-order valence-corrected chi connectivity index (χ0v) is 12.7. The van der Waals surface area contributed by atoms with Crippen molar-refractivity contribution in [2.75, 3.05) is 7.11 Å². The summed E-state index contributed by atoms with van der Waals surface area (Å²) in [5.74, 6) is 0.863. The largest absolute Gasteiger partial charge is 0.489 e. The van der Waals surface area contributed by atoms with Crippen LogP contribution in [-0.4, -0.2) is 12.8 Å². The van der Waals surface area contributed by atoms with Gasteiger partial charge in [0, 0.05) is 5.56 Å². The lowest BCUT2D eigenvalue weighted by atomic mass is 10.0. The first-order chi connectivity index (χ1) is 10.8. The first-order valence-corrected chi connectivity index (χ1v) is 7.10. The molecule has 2 rings (SSSR count). The van der Waals surface area contributed by atoms with Gasteiger partial charge in [0.05, 0.1) is 0 Å². The van der Waals surface area contributed by atoms with Gasteiger partial charge in [-0.2, -0.15) is 5.26 Å². The van der Waals surface area contributed by atoms with Gasteiger partial charge in [0.1, 0.15) is 25.5 Å². The Morgan fingerprint density at radius 3 is 2.45 bits per heavy atom. The van der Waals surface area contributed by atoms with Gasteiger partial charge in [0.2, 0.25) is 0 Å². The number of benzene rings is 2. The van der Waals surface area contributed by atoms with Crippen molar-refractivity contribution in [1.82, 2.24) is 0 Å². The van der Waals surface area contributed by atoms with E-state index in [9.17, 15) is 5.26 Å². The van der Waals surface area contributed by atoms with Crippen LogP contribution in [0.5, 0.6) is 5.75 Å². The topological polar surface area (TPSA) is 54.6 Å². The molecule has 0 fully saturated rings. The summed E-state index contributed by atoms with van der Waals surface area (Å²) in [6.07, 6.45) is 0.909. The molecule has 0 aromatic heterocycles. The highest BCUT2D eigenvalue weighted by atomic mass is 16.6. The van der Waals surface area contributed by atoms with Crippen LogP contribution in [0.25, 0.3) is 0 Å². The number of oxime groups is 1. The fourth-order valence-corrected chi connectivity index (χ4v) is 2.19. The number of aryl methyl sites for hydroxylation is 1. The number of nitriles is 1. The second kappa shape index (κ2) is 7.84. The van der Waals surface area contributed by atoms with E-state index in [1.165, 1.54) is 7.11 Å². The van der Waals surface area contributed by atoms with Gasteiger partial charge in [-0.1, -0.05) is 54.5 Å². The van der Waals surface area contributed by atoms with Gasteiger partial charge in [-0.15, -0.1) is 0 Å². The molecule has 0 amide bonds. The molecule has 22 heavy (non-hydrogen) atoms. The van der Waals surface area contributed by atoms with E-state index in [-0.39, 0.29) is 5.71 Å². The van der Waals surface area contributed by atoms with Crippen LogP contribution in [0.4, 0.5) is 0 Å². The Hall–Kier alpha value is -2.80. The lowest BCUT2D eigenvalue weighted by Gasteiger charge is -2.12. The first-order valence-electron chi connectivity index (χ1n) is 7.10. The van der Waals surface area contributed by atoms with E-state index in [4.69, 9.17) is 9.57 Å². The summed E-state index contributed by atoms with van der Waals surface area (Å²) in [6, 6.07) is 17.5. The Bertz CT molecular complexity index is 702. The van der Waals surface area contributed by atoms with Gasteiger partial charge >= 0.3 is 0 Å². The fourth-order valence-electron chi connectivity index (χ4n) is 2.19. The van der Waals surface area contributed by atoms with Crippen molar-refractivity contribution in [2.24, 2.45) is 5.16 Å². The molecule has 2 aromatic rings. The molecule has 0 aliphatic rings. The van der Waals surface area contributed by atoms with Crippen LogP contribution in [0.15, 0.2) is 53.7 Å². The minimum Gasteiger partial charge on any atom is -0.489 e. The fraction of sp³-hybridized carbons (Fsp3) is 0.222. The van der Waals surface area contributed by atoms with Crippen molar-refractivity contribution in [3.05, 3.63) is 65.2 Å².